The molecule has 0 aromatic rings. The summed E-state index contributed by atoms with van der Waals surface area (Å²) in [5.74, 6) is -0.172. The number of rotatable bonds is 5. The molecule has 2 bridgehead atoms. The van der Waals surface area contributed by atoms with Gasteiger partial charge in [0.2, 0.25) is 0 Å². The van der Waals surface area contributed by atoms with Crippen LogP contribution < -0.4 is 0 Å². The SMILES string of the molecule is CC(=O)OC1C(O)(COC2OC(CO)C(O)C(O)C2O)C2CCC3C4(C)CCC(O)C(C)(C)C4CCC31C2. The van der Waals surface area contributed by atoms with E-state index in [0.717, 1.165) is 38.5 Å². The molecule has 1 heterocycles. The maximum atomic E-state index is 12.4. The third-order valence-corrected chi connectivity index (χ3v) is 11.6. The fourth-order valence-electron chi connectivity index (χ4n) is 9.79. The Labute approximate surface area is 224 Å². The average Bonchev–Trinajstić information content (AvgIpc) is 3.02. The Morgan fingerprint density at radius 2 is 1.66 bits per heavy atom. The van der Waals surface area contributed by atoms with Crippen molar-refractivity contribution in [3.05, 3.63) is 0 Å². The van der Waals surface area contributed by atoms with E-state index < -0.39 is 60.4 Å². The van der Waals surface area contributed by atoms with Crippen LogP contribution >= 0.6 is 0 Å². The van der Waals surface area contributed by atoms with Crippen molar-refractivity contribution in [1.82, 2.24) is 0 Å². The summed E-state index contributed by atoms with van der Waals surface area (Å²) in [4.78, 5) is 12.4. The van der Waals surface area contributed by atoms with Crippen LogP contribution in [0.2, 0.25) is 0 Å². The normalized spacial score (nSPS) is 53.6. The van der Waals surface area contributed by atoms with E-state index in [0.29, 0.717) is 12.3 Å². The van der Waals surface area contributed by atoms with Gasteiger partial charge < -0.3 is 44.8 Å². The maximum absolute atomic E-state index is 12.4. The van der Waals surface area contributed by atoms with Crippen molar-refractivity contribution in [1.29, 1.82) is 0 Å². The molecule has 5 rings (SSSR count). The number of ether oxygens (including phenoxy) is 3. The molecule has 5 aliphatic rings. The fourth-order valence-corrected chi connectivity index (χ4v) is 9.79. The third kappa shape index (κ3) is 4.01. The van der Waals surface area contributed by atoms with Crippen LogP contribution in [0.4, 0.5) is 0 Å². The van der Waals surface area contributed by atoms with E-state index in [4.69, 9.17) is 14.2 Å². The lowest BCUT2D eigenvalue weighted by Crippen LogP contribution is -2.63. The number of fused-ring (bicyclic) bond motifs is 3. The minimum absolute atomic E-state index is 0.0757. The smallest absolute Gasteiger partial charge is 0.303 e. The highest BCUT2D eigenvalue weighted by Crippen LogP contribution is 2.73. The lowest BCUT2D eigenvalue weighted by Gasteiger charge is -2.65. The monoisotopic (exact) mass is 542 g/mol. The standard InChI is InChI=1S/C28H46O10/c1-14(30)37-24-27-10-7-17-25(2,3)19(31)8-9-26(17,4)18(27)6-5-15(11-27)28(24,35)13-36-23-22(34)21(33)20(32)16(12-29)38-23/h15-24,29,31-35H,5-13H2,1-4H3. The molecule has 0 amide bonds. The topological polar surface area (TPSA) is 166 Å². The molecule has 4 saturated carbocycles. The molecular weight excluding hydrogens is 496 g/mol. The van der Waals surface area contributed by atoms with E-state index in [1.165, 1.54) is 6.92 Å². The highest BCUT2D eigenvalue weighted by atomic mass is 16.7. The second-order valence-corrected chi connectivity index (χ2v) is 13.7. The summed E-state index contributed by atoms with van der Waals surface area (Å²) in [6, 6.07) is 0. The van der Waals surface area contributed by atoms with Gasteiger partial charge in [-0.05, 0) is 73.5 Å². The molecule has 13 atom stereocenters. The Bertz CT molecular complexity index is 910. The summed E-state index contributed by atoms with van der Waals surface area (Å²) < 4.78 is 17.4. The van der Waals surface area contributed by atoms with Gasteiger partial charge in [0.05, 0.1) is 19.3 Å². The molecule has 5 fully saturated rings. The predicted molar refractivity (Wildman–Crippen MR) is 133 cm³/mol. The van der Waals surface area contributed by atoms with E-state index in [1.807, 2.05) is 0 Å². The van der Waals surface area contributed by atoms with Gasteiger partial charge in [0.1, 0.15) is 36.1 Å². The number of aliphatic hydroxyl groups excluding tert-OH is 5. The first kappa shape index (κ1) is 28.7. The molecule has 1 spiro atoms. The van der Waals surface area contributed by atoms with Crippen LogP contribution in [0, 0.1) is 34.0 Å². The lowest BCUT2D eigenvalue weighted by molar-refractivity contribution is -0.313. The first-order chi connectivity index (χ1) is 17.7. The van der Waals surface area contributed by atoms with Gasteiger partial charge in [-0.1, -0.05) is 20.8 Å². The number of carbonyl (C=O) groups is 1. The van der Waals surface area contributed by atoms with Crippen LogP contribution in [0.3, 0.4) is 0 Å². The molecule has 0 aromatic carbocycles. The van der Waals surface area contributed by atoms with Crippen LogP contribution in [0.25, 0.3) is 0 Å². The van der Waals surface area contributed by atoms with Gasteiger partial charge in [0.25, 0.3) is 0 Å². The predicted octanol–water partition coefficient (Wildman–Crippen LogP) is 0.479. The van der Waals surface area contributed by atoms with E-state index >= 15 is 0 Å². The van der Waals surface area contributed by atoms with E-state index in [-0.39, 0.29) is 35.4 Å². The zero-order chi connectivity index (χ0) is 27.8. The van der Waals surface area contributed by atoms with E-state index in [2.05, 4.69) is 20.8 Å². The Kier molecular flexibility index (Phi) is 7.26. The molecule has 0 radical (unpaired) electrons. The molecule has 4 aliphatic carbocycles. The summed E-state index contributed by atoms with van der Waals surface area (Å²) in [6.45, 7) is 7.11. The molecule has 1 aliphatic heterocycles. The van der Waals surface area contributed by atoms with Crippen molar-refractivity contribution >= 4 is 5.97 Å². The second-order valence-electron chi connectivity index (χ2n) is 13.7. The quantitative estimate of drug-likeness (QED) is 0.269. The van der Waals surface area contributed by atoms with Crippen LogP contribution in [0.1, 0.15) is 72.6 Å². The largest absolute Gasteiger partial charge is 0.459 e. The average molecular weight is 543 g/mol. The molecule has 10 nitrogen and oxygen atoms in total. The summed E-state index contributed by atoms with van der Waals surface area (Å²) in [5.41, 5.74) is -2.28. The van der Waals surface area contributed by atoms with Crippen molar-refractivity contribution in [3.63, 3.8) is 0 Å². The van der Waals surface area contributed by atoms with Crippen molar-refractivity contribution in [3.8, 4) is 0 Å². The van der Waals surface area contributed by atoms with Crippen molar-refractivity contribution in [2.24, 2.45) is 34.0 Å². The minimum Gasteiger partial charge on any atom is -0.459 e. The number of hydrogen-bond acceptors (Lipinski definition) is 10. The first-order valence-corrected chi connectivity index (χ1v) is 14.2. The van der Waals surface area contributed by atoms with Crippen molar-refractivity contribution < 1.29 is 49.6 Å². The van der Waals surface area contributed by atoms with Gasteiger partial charge in [0.15, 0.2) is 6.29 Å². The van der Waals surface area contributed by atoms with E-state index in [1.54, 1.807) is 0 Å². The molecule has 0 aromatic heterocycles. The molecule has 6 N–H and O–H groups in total. The van der Waals surface area contributed by atoms with Crippen molar-refractivity contribution in [2.75, 3.05) is 13.2 Å². The Balaban J connectivity index is 1.44. The number of esters is 1. The Morgan fingerprint density at radius 3 is 2.32 bits per heavy atom. The zero-order valence-electron chi connectivity index (χ0n) is 23.0. The van der Waals surface area contributed by atoms with Gasteiger partial charge in [-0.3, -0.25) is 4.79 Å². The number of carbonyl (C=O) groups excluding carboxylic acids is 1. The molecular formula is C28H46O10. The molecule has 10 heteroatoms. The van der Waals surface area contributed by atoms with Crippen LogP contribution in [-0.4, -0.2) is 98.3 Å². The third-order valence-electron chi connectivity index (χ3n) is 11.6. The molecule has 218 valence electrons. The fraction of sp³-hybridized carbons (Fsp3) is 0.964. The minimum atomic E-state index is -1.59. The highest BCUT2D eigenvalue weighted by molar-refractivity contribution is 5.66. The Hall–Kier alpha value is -0.850. The summed E-state index contributed by atoms with van der Waals surface area (Å²) in [6.07, 6.45) is -2.82. The van der Waals surface area contributed by atoms with Gasteiger partial charge in [-0.2, -0.15) is 0 Å². The maximum Gasteiger partial charge on any atom is 0.303 e. The van der Waals surface area contributed by atoms with Crippen LogP contribution in [0.15, 0.2) is 0 Å². The highest BCUT2D eigenvalue weighted by Gasteiger charge is 2.73. The van der Waals surface area contributed by atoms with Crippen LogP contribution in [-0.2, 0) is 19.0 Å². The molecule has 13 unspecified atom stereocenters. The lowest BCUT2D eigenvalue weighted by atomic mass is 9.40. The number of aliphatic hydroxyl groups is 6. The van der Waals surface area contributed by atoms with Gasteiger partial charge in [-0.25, -0.2) is 0 Å². The summed E-state index contributed by atoms with van der Waals surface area (Å²) >= 11 is 0. The number of hydrogen-bond donors (Lipinski definition) is 6. The first-order valence-electron chi connectivity index (χ1n) is 14.2. The van der Waals surface area contributed by atoms with Gasteiger partial charge in [0, 0.05) is 12.3 Å². The van der Waals surface area contributed by atoms with Gasteiger partial charge >= 0.3 is 5.97 Å². The van der Waals surface area contributed by atoms with E-state index in [9.17, 15) is 35.4 Å². The summed E-state index contributed by atoms with van der Waals surface area (Å²) in [5, 5.41) is 63.4. The second kappa shape index (κ2) is 9.62. The summed E-state index contributed by atoms with van der Waals surface area (Å²) in [7, 11) is 0. The molecule has 1 saturated heterocycles. The van der Waals surface area contributed by atoms with Gasteiger partial charge in [-0.15, -0.1) is 0 Å². The Morgan fingerprint density at radius 1 is 0.947 bits per heavy atom. The van der Waals surface area contributed by atoms with Crippen molar-refractivity contribution in [2.45, 2.75) is 121 Å². The molecule has 38 heavy (non-hydrogen) atoms. The van der Waals surface area contributed by atoms with Crippen LogP contribution in [0.5, 0.6) is 0 Å². The zero-order valence-corrected chi connectivity index (χ0v) is 23.0.